The summed E-state index contributed by atoms with van der Waals surface area (Å²) in [5.41, 5.74) is 2.21. The molecule has 1 aliphatic rings. The number of amides is 3. The van der Waals surface area contributed by atoms with E-state index in [1.807, 2.05) is 26.0 Å². The normalized spacial score (nSPS) is 13.8. The van der Waals surface area contributed by atoms with Crippen LogP contribution < -0.4 is 5.32 Å². The first kappa shape index (κ1) is 20.3. The lowest BCUT2D eigenvalue weighted by molar-refractivity contribution is -0.119. The zero-order chi connectivity index (χ0) is 21.1. The molecule has 0 radical (unpaired) electrons. The van der Waals surface area contributed by atoms with Gasteiger partial charge in [0.1, 0.15) is 0 Å². The number of carbonyl (C=O) groups excluding carboxylic acids is 4. The number of hydrogen-bond donors (Lipinski definition) is 1. The molecular formula is C22H22N2O5. The highest BCUT2D eigenvalue weighted by molar-refractivity contribution is 6.22. The zero-order valence-corrected chi connectivity index (χ0v) is 16.5. The molecule has 3 amide bonds. The van der Waals surface area contributed by atoms with Gasteiger partial charge in [0.15, 0.2) is 6.61 Å². The van der Waals surface area contributed by atoms with Gasteiger partial charge in [0.05, 0.1) is 16.7 Å². The Kier molecular flexibility index (Phi) is 5.77. The summed E-state index contributed by atoms with van der Waals surface area (Å²) >= 11 is 0. The first-order valence-electron chi connectivity index (χ1n) is 9.37. The monoisotopic (exact) mass is 394 g/mol. The van der Waals surface area contributed by atoms with Crippen LogP contribution in [0.5, 0.6) is 0 Å². The Morgan fingerprint density at radius 3 is 2.34 bits per heavy atom. The molecule has 0 bridgehead atoms. The molecule has 0 saturated heterocycles. The molecule has 29 heavy (non-hydrogen) atoms. The quantitative estimate of drug-likeness (QED) is 0.600. The molecular weight excluding hydrogens is 372 g/mol. The van der Waals surface area contributed by atoms with E-state index in [0.29, 0.717) is 12.1 Å². The average molecular weight is 394 g/mol. The maximum Gasteiger partial charge on any atom is 0.338 e. The van der Waals surface area contributed by atoms with E-state index in [9.17, 15) is 19.2 Å². The van der Waals surface area contributed by atoms with Crippen LogP contribution in [0.25, 0.3) is 0 Å². The minimum absolute atomic E-state index is 0.110. The maximum absolute atomic E-state index is 12.6. The Morgan fingerprint density at radius 1 is 1.03 bits per heavy atom. The van der Waals surface area contributed by atoms with Crippen LogP contribution in [0.1, 0.15) is 56.9 Å². The molecule has 0 spiro atoms. The number of esters is 1. The third-order valence-corrected chi connectivity index (χ3v) is 4.85. The molecule has 1 unspecified atom stereocenters. The number of carbonyl (C=O) groups is 4. The van der Waals surface area contributed by atoms with Gasteiger partial charge in [-0.25, -0.2) is 4.79 Å². The van der Waals surface area contributed by atoms with E-state index < -0.39 is 24.4 Å². The van der Waals surface area contributed by atoms with Crippen LogP contribution in [-0.4, -0.2) is 41.2 Å². The summed E-state index contributed by atoms with van der Waals surface area (Å²) in [7, 11) is 0. The molecule has 2 aromatic carbocycles. The van der Waals surface area contributed by atoms with Crippen molar-refractivity contribution < 1.29 is 23.9 Å². The predicted octanol–water partition coefficient (Wildman–Crippen LogP) is 3.19. The Labute approximate surface area is 168 Å². The summed E-state index contributed by atoms with van der Waals surface area (Å²) in [5, 5.41) is 2.63. The molecule has 1 N–H and O–H groups in total. The van der Waals surface area contributed by atoms with Gasteiger partial charge in [0, 0.05) is 11.7 Å². The molecule has 0 fully saturated rings. The smallest absolute Gasteiger partial charge is 0.338 e. The number of anilines is 1. The molecule has 150 valence electrons. The van der Waals surface area contributed by atoms with Gasteiger partial charge in [-0.2, -0.15) is 0 Å². The average Bonchev–Trinajstić information content (AvgIpc) is 2.97. The fourth-order valence-electron chi connectivity index (χ4n) is 3.02. The van der Waals surface area contributed by atoms with Crippen LogP contribution in [0.3, 0.4) is 0 Å². The molecule has 7 nitrogen and oxygen atoms in total. The van der Waals surface area contributed by atoms with E-state index >= 15 is 0 Å². The Balaban J connectivity index is 1.65. The molecule has 1 aliphatic heterocycles. The second-order valence-corrected chi connectivity index (χ2v) is 6.99. The lowest BCUT2D eigenvalue weighted by Crippen LogP contribution is -2.37. The topological polar surface area (TPSA) is 92.8 Å². The van der Waals surface area contributed by atoms with Crippen molar-refractivity contribution in [2.24, 2.45) is 0 Å². The van der Waals surface area contributed by atoms with Crippen LogP contribution >= 0.6 is 0 Å². The van der Waals surface area contributed by atoms with Crippen LogP contribution in [-0.2, 0) is 9.53 Å². The molecule has 0 aliphatic carbocycles. The van der Waals surface area contributed by atoms with Crippen molar-refractivity contribution in [1.29, 1.82) is 0 Å². The zero-order valence-electron chi connectivity index (χ0n) is 16.5. The number of aryl methyl sites for hydroxylation is 1. The molecule has 7 heteroatoms. The number of nitrogens with one attached hydrogen (secondary N) is 1. The van der Waals surface area contributed by atoms with Crippen LogP contribution in [0.15, 0.2) is 42.5 Å². The van der Waals surface area contributed by atoms with Crippen molar-refractivity contribution in [1.82, 2.24) is 4.90 Å². The van der Waals surface area contributed by atoms with Gasteiger partial charge < -0.3 is 10.1 Å². The van der Waals surface area contributed by atoms with E-state index in [1.54, 1.807) is 19.1 Å². The van der Waals surface area contributed by atoms with Crippen molar-refractivity contribution >= 4 is 29.4 Å². The van der Waals surface area contributed by atoms with Gasteiger partial charge in [0.25, 0.3) is 17.7 Å². The number of imide groups is 1. The third kappa shape index (κ3) is 4.18. The lowest BCUT2D eigenvalue weighted by atomic mass is 10.1. The highest BCUT2D eigenvalue weighted by Gasteiger charge is 2.38. The lowest BCUT2D eigenvalue weighted by Gasteiger charge is -2.20. The van der Waals surface area contributed by atoms with Crippen molar-refractivity contribution in [2.45, 2.75) is 33.2 Å². The van der Waals surface area contributed by atoms with E-state index in [1.165, 1.54) is 23.1 Å². The minimum Gasteiger partial charge on any atom is -0.452 e. The summed E-state index contributed by atoms with van der Waals surface area (Å²) < 4.78 is 5.04. The Morgan fingerprint density at radius 2 is 1.69 bits per heavy atom. The van der Waals surface area contributed by atoms with E-state index in [0.717, 1.165) is 5.56 Å². The second kappa shape index (κ2) is 8.26. The van der Waals surface area contributed by atoms with Crippen molar-refractivity contribution in [3.8, 4) is 0 Å². The second-order valence-electron chi connectivity index (χ2n) is 6.99. The molecule has 0 aromatic heterocycles. The Bertz CT molecular complexity index is 981. The van der Waals surface area contributed by atoms with Crippen LogP contribution in [0.2, 0.25) is 0 Å². The predicted molar refractivity (Wildman–Crippen MR) is 107 cm³/mol. The van der Waals surface area contributed by atoms with E-state index in [-0.39, 0.29) is 28.6 Å². The van der Waals surface area contributed by atoms with Crippen molar-refractivity contribution in [3.63, 3.8) is 0 Å². The summed E-state index contributed by atoms with van der Waals surface area (Å²) in [6, 6.07) is 11.2. The number of rotatable bonds is 6. The number of nitrogens with zero attached hydrogens (tertiary/aromatic N) is 1. The summed E-state index contributed by atoms with van der Waals surface area (Å²) in [5.74, 6) is -2.01. The van der Waals surface area contributed by atoms with Gasteiger partial charge in [-0.1, -0.05) is 24.6 Å². The van der Waals surface area contributed by atoms with Gasteiger partial charge in [-0.3, -0.25) is 19.3 Å². The molecule has 1 heterocycles. The number of ether oxygens (including phenoxy) is 1. The van der Waals surface area contributed by atoms with E-state index in [2.05, 4.69) is 5.32 Å². The molecule has 3 rings (SSSR count). The largest absolute Gasteiger partial charge is 0.452 e. The van der Waals surface area contributed by atoms with Gasteiger partial charge in [0.2, 0.25) is 0 Å². The maximum atomic E-state index is 12.6. The third-order valence-electron chi connectivity index (χ3n) is 4.85. The molecule has 1 atom stereocenters. The highest BCUT2D eigenvalue weighted by atomic mass is 16.5. The van der Waals surface area contributed by atoms with E-state index in [4.69, 9.17) is 4.74 Å². The summed E-state index contributed by atoms with van der Waals surface area (Å²) in [6.07, 6.45) is 0.635. The SMILES string of the molecule is CCC(C)N1C(=O)c2ccc(C(=O)OCC(=O)Nc3ccc(C)cc3)cc2C1=O. The minimum atomic E-state index is -0.742. The first-order valence-corrected chi connectivity index (χ1v) is 9.37. The van der Waals surface area contributed by atoms with Crippen LogP contribution in [0.4, 0.5) is 5.69 Å². The summed E-state index contributed by atoms with van der Waals surface area (Å²) in [4.78, 5) is 50.5. The Hall–Kier alpha value is -3.48. The fourth-order valence-corrected chi connectivity index (χ4v) is 3.02. The molecule has 0 saturated carbocycles. The number of benzene rings is 2. The fraction of sp³-hybridized carbons (Fsp3) is 0.273. The first-order chi connectivity index (χ1) is 13.8. The summed E-state index contributed by atoms with van der Waals surface area (Å²) in [6.45, 7) is 5.16. The van der Waals surface area contributed by atoms with Gasteiger partial charge >= 0.3 is 5.97 Å². The number of hydrogen-bond acceptors (Lipinski definition) is 5. The molecule has 2 aromatic rings. The highest BCUT2D eigenvalue weighted by Crippen LogP contribution is 2.26. The van der Waals surface area contributed by atoms with Crippen molar-refractivity contribution in [2.75, 3.05) is 11.9 Å². The van der Waals surface area contributed by atoms with Crippen LogP contribution in [0, 0.1) is 6.92 Å². The van der Waals surface area contributed by atoms with Gasteiger partial charge in [-0.15, -0.1) is 0 Å². The van der Waals surface area contributed by atoms with Gasteiger partial charge in [-0.05, 0) is 50.6 Å². The van der Waals surface area contributed by atoms with Crippen molar-refractivity contribution in [3.05, 3.63) is 64.7 Å². The standard InChI is InChI=1S/C22H22N2O5/c1-4-14(3)24-20(26)17-10-7-15(11-18(17)21(24)27)22(28)29-12-19(25)23-16-8-5-13(2)6-9-16/h5-11,14H,4,12H2,1-3H3,(H,23,25). The number of fused-ring (bicyclic) bond motifs is 1.